The van der Waals surface area contributed by atoms with Gasteiger partial charge >= 0.3 is 0 Å². The molecule has 0 aliphatic carbocycles. The zero-order valence-corrected chi connectivity index (χ0v) is 16.5. The van der Waals surface area contributed by atoms with E-state index in [1.807, 2.05) is 19.1 Å². The number of anilines is 1. The lowest BCUT2D eigenvalue weighted by Gasteiger charge is -2.19. The number of furan rings is 1. The number of hydrogen-bond donors (Lipinski definition) is 0. The Balaban J connectivity index is 1.83. The molecule has 0 aliphatic rings. The van der Waals surface area contributed by atoms with Crippen molar-refractivity contribution < 1.29 is 9.21 Å². The molecule has 4 aromatic rings. The summed E-state index contributed by atoms with van der Waals surface area (Å²) >= 11 is 7.78. The van der Waals surface area contributed by atoms with Crippen LogP contribution in [0.3, 0.4) is 0 Å². The van der Waals surface area contributed by atoms with E-state index in [2.05, 4.69) is 13.0 Å². The van der Waals surface area contributed by atoms with Crippen LogP contribution in [0.4, 0.5) is 5.13 Å². The first kappa shape index (κ1) is 17.8. The van der Waals surface area contributed by atoms with Crippen molar-refractivity contribution in [3.8, 4) is 0 Å². The Bertz CT molecular complexity index is 1080. The van der Waals surface area contributed by atoms with E-state index in [4.69, 9.17) is 21.0 Å². The molecule has 4 rings (SSSR count). The van der Waals surface area contributed by atoms with E-state index in [1.165, 1.54) is 11.3 Å². The van der Waals surface area contributed by atoms with E-state index in [0.717, 1.165) is 21.3 Å². The SMILES string of the molecule is Cc1ccc(C)c2sc(N(Cc3ccco3)C(=O)c3ccccc3Cl)nc12. The molecule has 0 atom stereocenters. The third-order valence-corrected chi connectivity index (χ3v) is 5.95. The fourth-order valence-electron chi connectivity index (χ4n) is 2.93. The summed E-state index contributed by atoms with van der Waals surface area (Å²) in [6.45, 7) is 4.36. The first-order valence-corrected chi connectivity index (χ1v) is 9.69. The van der Waals surface area contributed by atoms with Gasteiger partial charge in [0, 0.05) is 0 Å². The number of benzene rings is 2. The van der Waals surface area contributed by atoms with Gasteiger partial charge in [-0.1, -0.05) is 47.2 Å². The van der Waals surface area contributed by atoms with Crippen LogP contribution in [0, 0.1) is 13.8 Å². The molecule has 6 heteroatoms. The number of rotatable bonds is 4. The second-order valence-electron chi connectivity index (χ2n) is 6.32. The number of carbonyl (C=O) groups excluding carboxylic acids is 1. The number of nitrogens with zero attached hydrogens (tertiary/aromatic N) is 2. The fraction of sp³-hybridized carbons (Fsp3) is 0.143. The topological polar surface area (TPSA) is 46.3 Å². The highest BCUT2D eigenvalue weighted by Crippen LogP contribution is 2.35. The highest BCUT2D eigenvalue weighted by Gasteiger charge is 2.24. The van der Waals surface area contributed by atoms with Gasteiger partial charge in [-0.3, -0.25) is 9.69 Å². The number of halogens is 1. The Kier molecular flexibility index (Phi) is 4.72. The lowest BCUT2D eigenvalue weighted by molar-refractivity contribution is 0.0983. The Morgan fingerprint density at radius 1 is 1.11 bits per heavy atom. The largest absolute Gasteiger partial charge is 0.467 e. The summed E-state index contributed by atoms with van der Waals surface area (Å²) in [7, 11) is 0. The summed E-state index contributed by atoms with van der Waals surface area (Å²) in [5.74, 6) is 0.481. The van der Waals surface area contributed by atoms with Crippen LogP contribution in [0.1, 0.15) is 27.2 Å². The minimum Gasteiger partial charge on any atom is -0.467 e. The molecule has 2 heterocycles. The van der Waals surface area contributed by atoms with E-state index in [-0.39, 0.29) is 12.5 Å². The van der Waals surface area contributed by atoms with Gasteiger partial charge in [0.05, 0.1) is 33.6 Å². The Hall–Kier alpha value is -2.63. The zero-order chi connectivity index (χ0) is 19.0. The second kappa shape index (κ2) is 7.18. The van der Waals surface area contributed by atoms with Crippen LogP contribution in [-0.4, -0.2) is 10.9 Å². The number of fused-ring (bicyclic) bond motifs is 1. The van der Waals surface area contributed by atoms with E-state index in [9.17, 15) is 4.79 Å². The first-order valence-electron chi connectivity index (χ1n) is 8.50. The molecule has 0 fully saturated rings. The first-order chi connectivity index (χ1) is 13.0. The Morgan fingerprint density at radius 3 is 2.59 bits per heavy atom. The van der Waals surface area contributed by atoms with Crippen molar-refractivity contribution in [2.75, 3.05) is 4.90 Å². The molecule has 27 heavy (non-hydrogen) atoms. The van der Waals surface area contributed by atoms with Crippen LogP contribution in [-0.2, 0) is 6.54 Å². The molecular formula is C21H17ClN2O2S. The van der Waals surface area contributed by atoms with Gasteiger partial charge in [-0.15, -0.1) is 0 Å². The average molecular weight is 397 g/mol. The minimum atomic E-state index is -0.202. The van der Waals surface area contributed by atoms with Gasteiger partial charge in [-0.05, 0) is 49.2 Å². The lowest BCUT2D eigenvalue weighted by Crippen LogP contribution is -2.30. The van der Waals surface area contributed by atoms with Crippen LogP contribution in [0.15, 0.2) is 59.2 Å². The van der Waals surface area contributed by atoms with Crippen molar-refractivity contribution in [2.45, 2.75) is 20.4 Å². The summed E-state index contributed by atoms with van der Waals surface area (Å²) in [4.78, 5) is 19.7. The van der Waals surface area contributed by atoms with Crippen LogP contribution in [0.25, 0.3) is 10.2 Å². The molecule has 0 spiro atoms. The third kappa shape index (κ3) is 3.36. The predicted molar refractivity (Wildman–Crippen MR) is 110 cm³/mol. The molecular weight excluding hydrogens is 380 g/mol. The van der Waals surface area contributed by atoms with E-state index >= 15 is 0 Å². The average Bonchev–Trinajstić information content (AvgIpc) is 3.33. The van der Waals surface area contributed by atoms with Crippen LogP contribution in [0.2, 0.25) is 5.02 Å². The Labute approximate surface area is 166 Å². The normalized spacial score (nSPS) is 11.1. The van der Waals surface area contributed by atoms with E-state index in [0.29, 0.717) is 21.5 Å². The van der Waals surface area contributed by atoms with E-state index < -0.39 is 0 Å². The molecule has 0 bridgehead atoms. The number of aryl methyl sites for hydroxylation is 2. The second-order valence-corrected chi connectivity index (χ2v) is 7.71. The molecule has 0 unspecified atom stereocenters. The highest BCUT2D eigenvalue weighted by molar-refractivity contribution is 7.22. The van der Waals surface area contributed by atoms with Gasteiger partial charge in [-0.25, -0.2) is 4.98 Å². The van der Waals surface area contributed by atoms with Gasteiger partial charge < -0.3 is 4.42 Å². The molecule has 0 aliphatic heterocycles. The third-order valence-electron chi connectivity index (χ3n) is 4.41. The van der Waals surface area contributed by atoms with Crippen molar-refractivity contribution in [3.63, 3.8) is 0 Å². The molecule has 2 aromatic heterocycles. The van der Waals surface area contributed by atoms with Crippen LogP contribution >= 0.6 is 22.9 Å². The van der Waals surface area contributed by atoms with Crippen molar-refractivity contribution in [3.05, 3.63) is 82.3 Å². The monoisotopic (exact) mass is 396 g/mol. The molecule has 0 saturated heterocycles. The van der Waals surface area contributed by atoms with Crippen molar-refractivity contribution >= 4 is 44.2 Å². The maximum atomic E-state index is 13.3. The molecule has 0 saturated carbocycles. The van der Waals surface area contributed by atoms with Gasteiger partial charge in [-0.2, -0.15) is 0 Å². The number of amides is 1. The number of aromatic nitrogens is 1. The molecule has 4 nitrogen and oxygen atoms in total. The van der Waals surface area contributed by atoms with Gasteiger partial charge in [0.1, 0.15) is 5.76 Å². The van der Waals surface area contributed by atoms with Crippen LogP contribution < -0.4 is 4.90 Å². The summed E-state index contributed by atoms with van der Waals surface area (Å²) in [5, 5.41) is 1.05. The van der Waals surface area contributed by atoms with Gasteiger partial charge in [0.15, 0.2) is 5.13 Å². The standard InChI is InChI=1S/C21H17ClN2O2S/c1-13-9-10-14(2)19-18(13)23-21(27-19)24(12-15-6-5-11-26-15)20(25)16-7-3-4-8-17(16)22/h3-11H,12H2,1-2H3. The fourth-order valence-corrected chi connectivity index (χ4v) is 4.25. The molecule has 2 aromatic carbocycles. The quantitative estimate of drug-likeness (QED) is 0.424. The van der Waals surface area contributed by atoms with Crippen molar-refractivity contribution in [1.82, 2.24) is 4.98 Å². The summed E-state index contributed by atoms with van der Waals surface area (Å²) in [6, 6.07) is 14.8. The maximum Gasteiger partial charge on any atom is 0.262 e. The van der Waals surface area contributed by atoms with E-state index in [1.54, 1.807) is 41.5 Å². The number of thiazole rings is 1. The number of carbonyl (C=O) groups is 1. The van der Waals surface area contributed by atoms with Crippen LogP contribution in [0.5, 0.6) is 0 Å². The van der Waals surface area contributed by atoms with Gasteiger partial charge in [0.25, 0.3) is 5.91 Å². The molecule has 136 valence electrons. The summed E-state index contributed by atoms with van der Waals surface area (Å²) in [6.07, 6.45) is 1.60. The van der Waals surface area contributed by atoms with Gasteiger partial charge in [0.2, 0.25) is 0 Å². The molecule has 0 N–H and O–H groups in total. The molecule has 1 amide bonds. The Morgan fingerprint density at radius 2 is 1.89 bits per heavy atom. The number of hydrogen-bond acceptors (Lipinski definition) is 4. The summed E-state index contributed by atoms with van der Waals surface area (Å²) < 4.78 is 6.56. The predicted octanol–water partition coefficient (Wildman–Crippen LogP) is 6.01. The minimum absolute atomic E-state index is 0.202. The highest BCUT2D eigenvalue weighted by atomic mass is 35.5. The maximum absolute atomic E-state index is 13.3. The summed E-state index contributed by atoms with van der Waals surface area (Å²) in [5.41, 5.74) is 3.59. The van der Waals surface area contributed by atoms with Crippen molar-refractivity contribution in [1.29, 1.82) is 0 Å². The lowest BCUT2D eigenvalue weighted by atomic mass is 10.1. The smallest absolute Gasteiger partial charge is 0.262 e. The molecule has 0 radical (unpaired) electrons. The van der Waals surface area contributed by atoms with Crippen molar-refractivity contribution in [2.24, 2.45) is 0 Å². The zero-order valence-electron chi connectivity index (χ0n) is 14.9.